The summed E-state index contributed by atoms with van der Waals surface area (Å²) in [7, 11) is 1.29. The van der Waals surface area contributed by atoms with Crippen LogP contribution in [0.4, 0.5) is 4.79 Å². The summed E-state index contributed by atoms with van der Waals surface area (Å²) in [6.45, 7) is 7.28. The molecule has 0 aliphatic rings. The first kappa shape index (κ1) is 17.0. The number of hydrogen-bond donors (Lipinski definition) is 1. The van der Waals surface area contributed by atoms with Crippen LogP contribution in [-0.4, -0.2) is 24.8 Å². The molecule has 0 saturated carbocycles. The van der Waals surface area contributed by atoms with Gasteiger partial charge in [0.2, 0.25) is 0 Å². The molecule has 0 bridgehead atoms. The normalized spacial score (nSPS) is 12.4. The Morgan fingerprint density at radius 2 is 1.86 bits per heavy atom. The number of carbonyl (C=O) groups excluding carboxylic acids is 2. The third-order valence-electron chi connectivity index (χ3n) is 2.84. The maximum absolute atomic E-state index is 12.0. The van der Waals surface area contributed by atoms with Crippen molar-refractivity contribution in [3.05, 3.63) is 35.4 Å². The highest BCUT2D eigenvalue weighted by Gasteiger charge is 2.27. The molecule has 0 radical (unpaired) electrons. The minimum absolute atomic E-state index is 0.526. The van der Waals surface area contributed by atoms with Gasteiger partial charge in [-0.2, -0.15) is 0 Å². The predicted octanol–water partition coefficient (Wildman–Crippen LogP) is 2.99. The monoisotopic (exact) mass is 293 g/mol. The minimum Gasteiger partial charge on any atom is -0.467 e. The fourth-order valence-electron chi connectivity index (χ4n) is 1.94. The molecule has 21 heavy (non-hydrogen) atoms. The standard InChI is InChI=1S/C16H23NO4/c1-6-11-9-7-8-10-12(11)13(14(18)20-5)17-15(19)21-16(2,3)4/h7-10,13H,6H2,1-5H3,(H,17,19). The zero-order chi connectivity index (χ0) is 16.0. The molecule has 116 valence electrons. The molecule has 1 atom stereocenters. The van der Waals surface area contributed by atoms with Crippen molar-refractivity contribution in [3.8, 4) is 0 Å². The van der Waals surface area contributed by atoms with Crippen molar-refractivity contribution in [2.75, 3.05) is 7.11 Å². The molecule has 1 amide bonds. The van der Waals surface area contributed by atoms with E-state index in [4.69, 9.17) is 9.47 Å². The van der Waals surface area contributed by atoms with Crippen molar-refractivity contribution in [1.29, 1.82) is 0 Å². The number of hydrogen-bond acceptors (Lipinski definition) is 4. The van der Waals surface area contributed by atoms with Gasteiger partial charge in [0.25, 0.3) is 0 Å². The lowest BCUT2D eigenvalue weighted by atomic mass is 9.98. The molecule has 1 unspecified atom stereocenters. The Morgan fingerprint density at radius 1 is 1.24 bits per heavy atom. The Morgan fingerprint density at radius 3 is 2.38 bits per heavy atom. The van der Waals surface area contributed by atoms with Crippen LogP contribution >= 0.6 is 0 Å². The third-order valence-corrected chi connectivity index (χ3v) is 2.84. The molecule has 1 aromatic rings. The van der Waals surface area contributed by atoms with Crippen LogP contribution in [0.15, 0.2) is 24.3 Å². The number of benzene rings is 1. The highest BCUT2D eigenvalue weighted by atomic mass is 16.6. The van der Waals surface area contributed by atoms with Gasteiger partial charge in [0.15, 0.2) is 6.04 Å². The Bertz CT molecular complexity index is 505. The van der Waals surface area contributed by atoms with E-state index in [0.29, 0.717) is 0 Å². The van der Waals surface area contributed by atoms with Crippen molar-refractivity contribution < 1.29 is 19.1 Å². The Hall–Kier alpha value is -2.04. The van der Waals surface area contributed by atoms with E-state index in [9.17, 15) is 9.59 Å². The van der Waals surface area contributed by atoms with Crippen molar-refractivity contribution in [1.82, 2.24) is 5.32 Å². The molecule has 1 N–H and O–H groups in total. The van der Waals surface area contributed by atoms with E-state index < -0.39 is 23.7 Å². The number of ether oxygens (including phenoxy) is 2. The van der Waals surface area contributed by atoms with Crippen LogP contribution in [0.25, 0.3) is 0 Å². The lowest BCUT2D eigenvalue weighted by Crippen LogP contribution is -2.38. The van der Waals surface area contributed by atoms with E-state index in [1.807, 2.05) is 25.1 Å². The quantitative estimate of drug-likeness (QED) is 0.867. The summed E-state index contributed by atoms with van der Waals surface area (Å²) in [5.74, 6) is -0.526. The van der Waals surface area contributed by atoms with Crippen LogP contribution in [0.1, 0.15) is 44.9 Å². The number of amides is 1. The van der Waals surface area contributed by atoms with Crippen LogP contribution < -0.4 is 5.32 Å². The number of aryl methyl sites for hydroxylation is 1. The number of rotatable bonds is 4. The summed E-state index contributed by atoms with van der Waals surface area (Å²) in [6.07, 6.45) is 0.100. The highest BCUT2D eigenvalue weighted by Crippen LogP contribution is 2.21. The van der Waals surface area contributed by atoms with Crippen molar-refractivity contribution >= 4 is 12.1 Å². The maximum Gasteiger partial charge on any atom is 0.408 e. The topological polar surface area (TPSA) is 64.6 Å². The molecule has 0 spiro atoms. The van der Waals surface area contributed by atoms with Crippen LogP contribution in [0.5, 0.6) is 0 Å². The highest BCUT2D eigenvalue weighted by molar-refractivity contribution is 5.83. The van der Waals surface area contributed by atoms with Gasteiger partial charge in [-0.3, -0.25) is 0 Å². The van der Waals surface area contributed by atoms with E-state index in [0.717, 1.165) is 17.5 Å². The van der Waals surface area contributed by atoms with Gasteiger partial charge in [-0.25, -0.2) is 9.59 Å². The third kappa shape index (κ3) is 5.10. The molecular formula is C16H23NO4. The smallest absolute Gasteiger partial charge is 0.408 e. The maximum atomic E-state index is 12.0. The number of alkyl carbamates (subject to hydrolysis) is 1. The van der Waals surface area contributed by atoms with E-state index in [2.05, 4.69) is 5.32 Å². The molecule has 0 aliphatic carbocycles. The molecule has 1 aromatic carbocycles. The predicted molar refractivity (Wildman–Crippen MR) is 79.9 cm³/mol. The molecule has 0 fully saturated rings. The summed E-state index contributed by atoms with van der Waals surface area (Å²) in [5.41, 5.74) is 1.07. The molecule has 5 heteroatoms. The van der Waals surface area contributed by atoms with Gasteiger partial charge in [-0.05, 0) is 38.3 Å². The summed E-state index contributed by atoms with van der Waals surface area (Å²) in [5, 5.41) is 2.58. The summed E-state index contributed by atoms with van der Waals surface area (Å²) in [6, 6.07) is 6.56. The molecule has 0 heterocycles. The van der Waals surface area contributed by atoms with Crippen molar-refractivity contribution in [2.24, 2.45) is 0 Å². The minimum atomic E-state index is -0.874. The molecular weight excluding hydrogens is 270 g/mol. The number of carbonyl (C=O) groups is 2. The lowest BCUT2D eigenvalue weighted by molar-refractivity contribution is -0.143. The van der Waals surface area contributed by atoms with E-state index in [1.165, 1.54) is 7.11 Å². The average Bonchev–Trinajstić information content (AvgIpc) is 2.42. The fraction of sp³-hybridized carbons (Fsp3) is 0.500. The van der Waals surface area contributed by atoms with Crippen molar-refractivity contribution in [3.63, 3.8) is 0 Å². The zero-order valence-electron chi connectivity index (χ0n) is 13.2. The Labute approximate surface area is 125 Å². The van der Waals surface area contributed by atoms with Gasteiger partial charge in [-0.1, -0.05) is 31.2 Å². The zero-order valence-corrected chi connectivity index (χ0v) is 13.2. The van der Waals surface area contributed by atoms with Gasteiger partial charge in [0.1, 0.15) is 5.60 Å². The molecule has 5 nitrogen and oxygen atoms in total. The average molecular weight is 293 g/mol. The lowest BCUT2D eigenvalue weighted by Gasteiger charge is -2.23. The van der Waals surface area contributed by atoms with Gasteiger partial charge in [-0.15, -0.1) is 0 Å². The van der Waals surface area contributed by atoms with Gasteiger partial charge in [0, 0.05) is 0 Å². The first-order valence-electron chi connectivity index (χ1n) is 6.93. The van der Waals surface area contributed by atoms with Gasteiger partial charge < -0.3 is 14.8 Å². The second-order valence-electron chi connectivity index (χ2n) is 5.65. The number of esters is 1. The van der Waals surface area contributed by atoms with Crippen molar-refractivity contribution in [2.45, 2.75) is 45.8 Å². The van der Waals surface area contributed by atoms with Crippen LogP contribution in [0.3, 0.4) is 0 Å². The van der Waals surface area contributed by atoms with E-state index in [1.54, 1.807) is 26.8 Å². The first-order valence-corrected chi connectivity index (χ1v) is 6.93. The SMILES string of the molecule is CCc1ccccc1C(NC(=O)OC(C)(C)C)C(=O)OC. The molecule has 0 aliphatic heterocycles. The van der Waals surface area contributed by atoms with E-state index in [-0.39, 0.29) is 0 Å². The van der Waals surface area contributed by atoms with E-state index >= 15 is 0 Å². The number of nitrogens with one attached hydrogen (secondary N) is 1. The first-order chi connectivity index (χ1) is 9.78. The second kappa shape index (κ2) is 7.11. The second-order valence-corrected chi connectivity index (χ2v) is 5.65. The van der Waals surface area contributed by atoms with Crippen LogP contribution in [0, 0.1) is 0 Å². The molecule has 0 aromatic heterocycles. The molecule has 0 saturated heterocycles. The fourth-order valence-corrected chi connectivity index (χ4v) is 1.94. The Balaban J connectivity index is 3.02. The summed E-state index contributed by atoms with van der Waals surface area (Å²) >= 11 is 0. The van der Waals surface area contributed by atoms with Gasteiger partial charge in [0.05, 0.1) is 7.11 Å². The van der Waals surface area contributed by atoms with Crippen LogP contribution in [-0.2, 0) is 20.7 Å². The summed E-state index contributed by atoms with van der Waals surface area (Å²) in [4.78, 5) is 23.9. The summed E-state index contributed by atoms with van der Waals surface area (Å²) < 4.78 is 9.99. The van der Waals surface area contributed by atoms with Crippen LogP contribution in [0.2, 0.25) is 0 Å². The number of methoxy groups -OCH3 is 1. The largest absolute Gasteiger partial charge is 0.467 e. The Kier molecular flexibility index (Phi) is 5.76. The molecule has 1 rings (SSSR count). The van der Waals surface area contributed by atoms with Gasteiger partial charge >= 0.3 is 12.1 Å².